The molecule has 1 N–H and O–H groups in total. The Labute approximate surface area is 116 Å². The minimum Gasteiger partial charge on any atom is -0.347 e. The van der Waals surface area contributed by atoms with Gasteiger partial charge in [0, 0.05) is 4.88 Å². The van der Waals surface area contributed by atoms with Gasteiger partial charge in [-0.15, -0.1) is 11.3 Å². The Hall–Kier alpha value is -2.35. The molecule has 0 saturated heterocycles. The summed E-state index contributed by atoms with van der Waals surface area (Å²) >= 11 is 1.39. The number of nitrogens with zero attached hydrogens (tertiary/aromatic N) is 1. The van der Waals surface area contributed by atoms with Crippen molar-refractivity contribution >= 4 is 22.9 Å². The number of carbonyl (C=O) groups is 1. The van der Waals surface area contributed by atoms with E-state index in [-0.39, 0.29) is 6.54 Å². The van der Waals surface area contributed by atoms with Gasteiger partial charge in [-0.05, 0) is 17.5 Å². The van der Waals surface area contributed by atoms with Crippen molar-refractivity contribution in [2.45, 2.75) is 6.54 Å². The number of benzene rings is 1. The maximum Gasteiger partial charge on any atom is 0.285 e. The molecule has 0 bridgehead atoms. The van der Waals surface area contributed by atoms with Gasteiger partial charge in [0.05, 0.1) is 17.5 Å². The number of nitro groups is 1. The van der Waals surface area contributed by atoms with Gasteiger partial charge in [0.2, 0.25) is 0 Å². The molecule has 0 aliphatic carbocycles. The van der Waals surface area contributed by atoms with E-state index in [4.69, 9.17) is 0 Å². The van der Waals surface area contributed by atoms with Crippen molar-refractivity contribution in [3.05, 3.63) is 61.8 Å². The molecule has 0 atom stereocenters. The second-order valence-electron chi connectivity index (χ2n) is 3.80. The molecule has 0 spiro atoms. The number of nitrogens with one attached hydrogen (secondary N) is 1. The zero-order valence-corrected chi connectivity index (χ0v) is 10.7. The average molecular weight is 298 g/mol. The average Bonchev–Trinajstić information content (AvgIpc) is 2.91. The summed E-state index contributed by atoms with van der Waals surface area (Å²) < 4.78 is 26.1. The lowest BCUT2D eigenvalue weighted by atomic mass is 10.1. The molecular weight excluding hydrogens is 290 g/mol. The minimum atomic E-state index is -1.37. The highest BCUT2D eigenvalue weighted by atomic mass is 32.1. The third-order valence-corrected chi connectivity index (χ3v) is 3.36. The largest absolute Gasteiger partial charge is 0.347 e. The van der Waals surface area contributed by atoms with Crippen molar-refractivity contribution in [2.75, 3.05) is 0 Å². The van der Waals surface area contributed by atoms with E-state index in [2.05, 4.69) is 5.32 Å². The summed E-state index contributed by atoms with van der Waals surface area (Å²) in [6.45, 7) is 0.159. The van der Waals surface area contributed by atoms with Crippen LogP contribution >= 0.6 is 11.3 Å². The fraction of sp³-hybridized carbons (Fsp3) is 0.0833. The Kier molecular flexibility index (Phi) is 4.04. The van der Waals surface area contributed by atoms with Gasteiger partial charge in [0.1, 0.15) is 5.56 Å². The van der Waals surface area contributed by atoms with Crippen LogP contribution in [-0.4, -0.2) is 10.8 Å². The van der Waals surface area contributed by atoms with Crippen LogP contribution in [0.5, 0.6) is 0 Å². The van der Waals surface area contributed by atoms with Crippen LogP contribution in [-0.2, 0) is 6.54 Å². The number of hydrogen-bond acceptors (Lipinski definition) is 4. The number of thiophene rings is 1. The van der Waals surface area contributed by atoms with Crippen molar-refractivity contribution < 1.29 is 18.5 Å². The zero-order valence-electron chi connectivity index (χ0n) is 9.93. The lowest BCUT2D eigenvalue weighted by molar-refractivity contribution is -0.385. The van der Waals surface area contributed by atoms with Crippen LogP contribution in [0.15, 0.2) is 29.6 Å². The Balaban J connectivity index is 2.24. The molecule has 5 nitrogen and oxygen atoms in total. The van der Waals surface area contributed by atoms with E-state index < -0.39 is 33.7 Å². The van der Waals surface area contributed by atoms with E-state index in [1.165, 1.54) is 11.3 Å². The highest BCUT2D eigenvalue weighted by Crippen LogP contribution is 2.22. The van der Waals surface area contributed by atoms with Gasteiger partial charge in [-0.25, -0.2) is 8.78 Å². The first-order chi connectivity index (χ1) is 9.49. The van der Waals surface area contributed by atoms with Gasteiger partial charge in [0.15, 0.2) is 11.6 Å². The lowest BCUT2D eigenvalue weighted by Crippen LogP contribution is -2.23. The quantitative estimate of drug-likeness (QED) is 0.697. The zero-order chi connectivity index (χ0) is 14.7. The molecule has 20 heavy (non-hydrogen) atoms. The molecule has 1 heterocycles. The topological polar surface area (TPSA) is 72.2 Å². The maximum atomic E-state index is 13.1. The SMILES string of the molecule is O=C(NCc1cccs1)c1cc(F)c(F)cc1[N+](=O)[O-]. The molecule has 2 rings (SSSR count). The summed E-state index contributed by atoms with van der Waals surface area (Å²) in [5, 5.41) is 15.0. The lowest BCUT2D eigenvalue weighted by Gasteiger charge is -2.05. The van der Waals surface area contributed by atoms with Gasteiger partial charge < -0.3 is 5.32 Å². The molecule has 1 aromatic carbocycles. The fourth-order valence-corrected chi connectivity index (χ4v) is 2.19. The molecule has 0 saturated carbocycles. The van der Waals surface area contributed by atoms with E-state index in [0.29, 0.717) is 12.1 Å². The highest BCUT2D eigenvalue weighted by molar-refractivity contribution is 7.09. The molecule has 0 unspecified atom stereocenters. The van der Waals surface area contributed by atoms with Crippen molar-refractivity contribution in [1.29, 1.82) is 0 Å². The molecule has 8 heteroatoms. The fourth-order valence-electron chi connectivity index (χ4n) is 1.55. The van der Waals surface area contributed by atoms with Gasteiger partial charge in [-0.1, -0.05) is 6.07 Å². The summed E-state index contributed by atoms with van der Waals surface area (Å²) in [6, 6.07) is 4.48. The number of amides is 1. The normalized spacial score (nSPS) is 10.3. The Bertz CT molecular complexity index is 659. The van der Waals surface area contributed by atoms with Crippen molar-refractivity contribution in [1.82, 2.24) is 5.32 Å². The van der Waals surface area contributed by atoms with Crippen molar-refractivity contribution in [3.8, 4) is 0 Å². The first-order valence-electron chi connectivity index (χ1n) is 5.43. The highest BCUT2D eigenvalue weighted by Gasteiger charge is 2.23. The second kappa shape index (κ2) is 5.74. The minimum absolute atomic E-state index is 0.159. The number of rotatable bonds is 4. The van der Waals surface area contributed by atoms with Gasteiger partial charge in [-0.3, -0.25) is 14.9 Å². The predicted molar refractivity (Wildman–Crippen MR) is 68.5 cm³/mol. The molecule has 0 aliphatic heterocycles. The summed E-state index contributed by atoms with van der Waals surface area (Å²) in [5.74, 6) is -3.51. The molecule has 1 amide bonds. The molecule has 0 fully saturated rings. The smallest absolute Gasteiger partial charge is 0.285 e. The molecule has 0 aliphatic rings. The summed E-state index contributed by atoms with van der Waals surface area (Å²) in [7, 11) is 0. The van der Waals surface area contributed by atoms with Gasteiger partial charge >= 0.3 is 0 Å². The van der Waals surface area contributed by atoms with E-state index >= 15 is 0 Å². The van der Waals surface area contributed by atoms with Crippen LogP contribution in [0, 0.1) is 21.7 Å². The molecule has 0 radical (unpaired) electrons. The molecule has 2 aromatic rings. The van der Waals surface area contributed by atoms with E-state index in [0.717, 1.165) is 4.88 Å². The van der Waals surface area contributed by atoms with Crippen LogP contribution in [0.1, 0.15) is 15.2 Å². The van der Waals surface area contributed by atoms with E-state index in [1.807, 2.05) is 5.38 Å². The van der Waals surface area contributed by atoms with E-state index in [9.17, 15) is 23.7 Å². The standard InChI is InChI=1S/C12H8F2N2O3S/c13-9-4-8(11(16(18)19)5-10(9)14)12(17)15-6-7-2-1-3-20-7/h1-5H,6H2,(H,15,17). The van der Waals surface area contributed by atoms with Gasteiger partial charge in [0.25, 0.3) is 11.6 Å². The Morgan fingerprint density at radius 2 is 2.05 bits per heavy atom. The molecular formula is C12H8F2N2O3S. The Morgan fingerprint density at radius 3 is 2.65 bits per heavy atom. The predicted octanol–water partition coefficient (Wildman–Crippen LogP) is 2.86. The van der Waals surface area contributed by atoms with Crippen LogP contribution < -0.4 is 5.32 Å². The number of halogens is 2. The van der Waals surface area contributed by atoms with Crippen molar-refractivity contribution in [3.63, 3.8) is 0 Å². The third kappa shape index (κ3) is 2.97. The Morgan fingerprint density at radius 1 is 1.35 bits per heavy atom. The first-order valence-corrected chi connectivity index (χ1v) is 6.31. The van der Waals surface area contributed by atoms with Crippen LogP contribution in [0.2, 0.25) is 0 Å². The van der Waals surface area contributed by atoms with Crippen LogP contribution in [0.4, 0.5) is 14.5 Å². The molecule has 104 valence electrons. The van der Waals surface area contributed by atoms with Crippen LogP contribution in [0.25, 0.3) is 0 Å². The number of hydrogen-bond donors (Lipinski definition) is 1. The van der Waals surface area contributed by atoms with Crippen molar-refractivity contribution in [2.24, 2.45) is 0 Å². The third-order valence-electron chi connectivity index (χ3n) is 2.48. The summed E-state index contributed by atoms with van der Waals surface area (Å²) in [4.78, 5) is 22.5. The van der Waals surface area contributed by atoms with Gasteiger partial charge in [-0.2, -0.15) is 0 Å². The molecule has 1 aromatic heterocycles. The number of nitro benzene ring substituents is 1. The monoisotopic (exact) mass is 298 g/mol. The summed E-state index contributed by atoms with van der Waals surface area (Å²) in [5.41, 5.74) is -1.28. The summed E-state index contributed by atoms with van der Waals surface area (Å²) in [6.07, 6.45) is 0. The second-order valence-corrected chi connectivity index (χ2v) is 4.83. The van der Waals surface area contributed by atoms with Crippen LogP contribution in [0.3, 0.4) is 0 Å². The number of carbonyl (C=O) groups excluding carboxylic acids is 1. The first kappa shape index (κ1) is 14.1. The maximum absolute atomic E-state index is 13.1. The van der Waals surface area contributed by atoms with E-state index in [1.54, 1.807) is 12.1 Å².